The monoisotopic (exact) mass is 200 g/mol. The summed E-state index contributed by atoms with van der Waals surface area (Å²) in [7, 11) is 0. The van der Waals surface area contributed by atoms with Gasteiger partial charge in [0, 0.05) is 11.4 Å². The Morgan fingerprint density at radius 2 is 1.64 bits per heavy atom. The van der Waals surface area contributed by atoms with Gasteiger partial charge in [-0.3, -0.25) is 0 Å². The van der Waals surface area contributed by atoms with Crippen LogP contribution in [-0.4, -0.2) is 0 Å². The third-order valence-electron chi connectivity index (χ3n) is 2.79. The van der Waals surface area contributed by atoms with Crippen LogP contribution in [0.15, 0.2) is 42.5 Å². The Morgan fingerprint density at radius 1 is 0.857 bits per heavy atom. The van der Waals surface area contributed by atoms with Crippen LogP contribution in [0.3, 0.4) is 0 Å². The van der Waals surface area contributed by atoms with Gasteiger partial charge in [-0.1, -0.05) is 48.0 Å². The smallest absolute Gasteiger partial charge is 0.0447 e. The predicted molar refractivity (Wildman–Crippen MR) is 59.7 cm³/mol. The number of hydrogen-bond donors (Lipinski definition) is 0. The van der Waals surface area contributed by atoms with E-state index in [-0.39, 0.29) is 0 Å². The fourth-order valence-electron chi connectivity index (χ4n) is 2.12. The lowest BCUT2D eigenvalue weighted by molar-refractivity contribution is 1.26. The first-order valence-corrected chi connectivity index (χ1v) is 5.10. The third-order valence-corrected chi connectivity index (χ3v) is 3.15. The largest absolute Gasteiger partial charge is 0.0840 e. The number of rotatable bonds is 0. The Kier molecular flexibility index (Phi) is 1.65. The Morgan fingerprint density at radius 3 is 2.57 bits per heavy atom. The Bertz CT molecular complexity index is 500. The highest BCUT2D eigenvalue weighted by Gasteiger charge is 2.19. The lowest BCUT2D eigenvalue weighted by Crippen LogP contribution is -1.80. The normalized spacial score (nSPS) is 12.4. The molecule has 0 amide bonds. The number of halogens is 1. The van der Waals surface area contributed by atoms with Crippen LogP contribution in [0.1, 0.15) is 11.1 Å². The van der Waals surface area contributed by atoms with E-state index in [1.807, 2.05) is 12.1 Å². The molecular weight excluding hydrogens is 192 g/mol. The minimum Gasteiger partial charge on any atom is -0.0840 e. The molecule has 0 unspecified atom stereocenters. The highest BCUT2D eigenvalue weighted by molar-refractivity contribution is 6.32. The number of hydrogen-bond acceptors (Lipinski definition) is 0. The average Bonchev–Trinajstić information content (AvgIpc) is 2.59. The maximum Gasteiger partial charge on any atom is 0.0447 e. The predicted octanol–water partition coefficient (Wildman–Crippen LogP) is 3.91. The van der Waals surface area contributed by atoms with E-state index in [1.54, 1.807) is 0 Å². The van der Waals surface area contributed by atoms with Gasteiger partial charge in [0.15, 0.2) is 0 Å². The van der Waals surface area contributed by atoms with Gasteiger partial charge in [0.05, 0.1) is 0 Å². The summed E-state index contributed by atoms with van der Waals surface area (Å²) < 4.78 is 0. The molecule has 0 bridgehead atoms. The zero-order valence-corrected chi connectivity index (χ0v) is 8.38. The molecule has 0 saturated heterocycles. The van der Waals surface area contributed by atoms with E-state index >= 15 is 0 Å². The molecule has 0 radical (unpaired) electrons. The van der Waals surface area contributed by atoms with E-state index in [0.717, 1.165) is 11.4 Å². The van der Waals surface area contributed by atoms with Crippen molar-refractivity contribution in [3.8, 4) is 11.1 Å². The molecule has 0 aromatic heterocycles. The van der Waals surface area contributed by atoms with Crippen LogP contribution >= 0.6 is 11.6 Å². The van der Waals surface area contributed by atoms with Crippen LogP contribution in [0, 0.1) is 0 Å². The molecule has 0 aliphatic heterocycles. The van der Waals surface area contributed by atoms with Crippen LogP contribution in [0.4, 0.5) is 0 Å². The Balaban J connectivity index is 2.33. The molecule has 3 rings (SSSR count). The number of fused-ring (bicyclic) bond motifs is 3. The Labute approximate surface area is 88.2 Å². The second-order valence-electron chi connectivity index (χ2n) is 3.60. The molecule has 14 heavy (non-hydrogen) atoms. The van der Waals surface area contributed by atoms with E-state index in [2.05, 4.69) is 30.3 Å². The van der Waals surface area contributed by atoms with Crippen molar-refractivity contribution in [2.24, 2.45) is 0 Å². The summed E-state index contributed by atoms with van der Waals surface area (Å²) in [6.45, 7) is 0. The zero-order chi connectivity index (χ0) is 9.54. The lowest BCUT2D eigenvalue weighted by Gasteiger charge is -2.00. The zero-order valence-electron chi connectivity index (χ0n) is 7.63. The van der Waals surface area contributed by atoms with Crippen molar-refractivity contribution in [2.75, 3.05) is 0 Å². The van der Waals surface area contributed by atoms with Gasteiger partial charge in [0.2, 0.25) is 0 Å². The standard InChI is InChI=1S/C13H9Cl/c14-13-7-3-6-11-10-5-2-1-4-9(10)8-12(11)13/h1-7H,8H2. The highest BCUT2D eigenvalue weighted by Crippen LogP contribution is 2.39. The topological polar surface area (TPSA) is 0 Å². The minimum atomic E-state index is 0.888. The van der Waals surface area contributed by atoms with Crippen LogP contribution in [0.5, 0.6) is 0 Å². The van der Waals surface area contributed by atoms with Gasteiger partial charge < -0.3 is 0 Å². The summed E-state index contributed by atoms with van der Waals surface area (Å²) in [5.41, 5.74) is 5.30. The summed E-state index contributed by atoms with van der Waals surface area (Å²) in [4.78, 5) is 0. The summed E-state index contributed by atoms with van der Waals surface area (Å²) in [5, 5.41) is 0.888. The van der Waals surface area contributed by atoms with Crippen molar-refractivity contribution >= 4 is 11.6 Å². The summed E-state index contributed by atoms with van der Waals surface area (Å²) >= 11 is 6.16. The van der Waals surface area contributed by atoms with Gasteiger partial charge in [-0.2, -0.15) is 0 Å². The van der Waals surface area contributed by atoms with Crippen molar-refractivity contribution in [3.63, 3.8) is 0 Å². The molecule has 68 valence electrons. The molecule has 2 aromatic rings. The summed E-state index contributed by atoms with van der Waals surface area (Å²) in [5.74, 6) is 0. The molecule has 0 nitrogen and oxygen atoms in total. The average molecular weight is 201 g/mol. The van der Waals surface area contributed by atoms with Crippen LogP contribution in [0.25, 0.3) is 11.1 Å². The highest BCUT2D eigenvalue weighted by atomic mass is 35.5. The summed E-state index contributed by atoms with van der Waals surface area (Å²) in [6, 6.07) is 14.6. The molecule has 0 heterocycles. The van der Waals surface area contributed by atoms with Crippen molar-refractivity contribution in [3.05, 3.63) is 58.6 Å². The van der Waals surface area contributed by atoms with Crippen molar-refractivity contribution in [1.29, 1.82) is 0 Å². The fourth-order valence-corrected chi connectivity index (χ4v) is 2.36. The second-order valence-corrected chi connectivity index (χ2v) is 4.01. The Hall–Kier alpha value is -1.27. The molecule has 0 atom stereocenters. The van der Waals surface area contributed by atoms with Gasteiger partial charge in [-0.15, -0.1) is 0 Å². The lowest BCUT2D eigenvalue weighted by atomic mass is 10.1. The van der Waals surface area contributed by atoms with Crippen LogP contribution in [0.2, 0.25) is 5.02 Å². The summed E-state index contributed by atoms with van der Waals surface area (Å²) in [6.07, 6.45) is 0.977. The van der Waals surface area contributed by atoms with Crippen LogP contribution in [-0.2, 0) is 6.42 Å². The van der Waals surface area contributed by atoms with E-state index in [9.17, 15) is 0 Å². The van der Waals surface area contributed by atoms with Crippen molar-refractivity contribution in [1.82, 2.24) is 0 Å². The molecule has 0 saturated carbocycles. The maximum atomic E-state index is 6.16. The van der Waals surface area contributed by atoms with E-state index in [4.69, 9.17) is 11.6 Å². The van der Waals surface area contributed by atoms with Gasteiger partial charge in [0.25, 0.3) is 0 Å². The quantitative estimate of drug-likeness (QED) is 0.516. The molecule has 2 aromatic carbocycles. The SMILES string of the molecule is Clc1cccc2c1Cc1ccccc1-2. The molecule has 1 heteroatoms. The van der Waals surface area contributed by atoms with Gasteiger partial charge in [0.1, 0.15) is 0 Å². The molecule has 1 aliphatic carbocycles. The molecule has 0 N–H and O–H groups in total. The fraction of sp³-hybridized carbons (Fsp3) is 0.0769. The van der Waals surface area contributed by atoms with Gasteiger partial charge in [-0.05, 0) is 28.3 Å². The van der Waals surface area contributed by atoms with Gasteiger partial charge >= 0.3 is 0 Å². The second kappa shape index (κ2) is 2.86. The number of benzene rings is 2. The molecule has 0 spiro atoms. The first-order chi connectivity index (χ1) is 6.86. The third kappa shape index (κ3) is 1.01. The molecule has 1 aliphatic rings. The first kappa shape index (κ1) is 8.07. The van der Waals surface area contributed by atoms with Crippen molar-refractivity contribution < 1.29 is 0 Å². The molecule has 0 fully saturated rings. The van der Waals surface area contributed by atoms with Crippen LogP contribution < -0.4 is 0 Å². The first-order valence-electron chi connectivity index (χ1n) is 4.72. The molecular formula is C13H9Cl. The van der Waals surface area contributed by atoms with E-state index < -0.39 is 0 Å². The minimum absolute atomic E-state index is 0.888. The maximum absolute atomic E-state index is 6.16. The van der Waals surface area contributed by atoms with E-state index in [0.29, 0.717) is 0 Å². The van der Waals surface area contributed by atoms with Crippen molar-refractivity contribution in [2.45, 2.75) is 6.42 Å². The van der Waals surface area contributed by atoms with E-state index in [1.165, 1.54) is 22.3 Å². The van der Waals surface area contributed by atoms with Gasteiger partial charge in [-0.25, -0.2) is 0 Å².